The Hall–Kier alpha value is -0.580. The van der Waals surface area contributed by atoms with E-state index in [1.165, 1.54) is 0 Å². The average molecular weight is 242 g/mol. The normalized spacial score (nSPS) is 25.5. The minimum absolute atomic E-state index is 0.520. The van der Waals surface area contributed by atoms with Crippen molar-refractivity contribution in [2.75, 3.05) is 6.54 Å². The Morgan fingerprint density at radius 1 is 1.53 bits per heavy atom. The van der Waals surface area contributed by atoms with Gasteiger partial charge < -0.3 is 4.74 Å². The molecule has 0 aliphatic carbocycles. The molecule has 1 aliphatic heterocycles. The summed E-state index contributed by atoms with van der Waals surface area (Å²) in [6, 6.07) is 0. The highest BCUT2D eigenvalue weighted by atomic mass is 35.5. The van der Waals surface area contributed by atoms with Crippen molar-refractivity contribution < 1.29 is 18.3 Å². The van der Waals surface area contributed by atoms with Gasteiger partial charge >= 0.3 is 6.09 Å². The Morgan fingerprint density at radius 3 is 2.40 bits per heavy atom. The molecule has 1 fully saturated rings. The predicted octanol–water partition coefficient (Wildman–Crippen LogP) is 2.83. The first-order valence-electron chi connectivity index (χ1n) is 4.62. The van der Waals surface area contributed by atoms with Gasteiger partial charge in [0.15, 0.2) is 0 Å². The van der Waals surface area contributed by atoms with Crippen molar-refractivity contribution in [3.05, 3.63) is 0 Å². The fraction of sp³-hybridized carbons (Fsp3) is 0.889. The van der Waals surface area contributed by atoms with Crippen LogP contribution in [-0.4, -0.2) is 34.6 Å². The molecule has 1 saturated heterocycles. The summed E-state index contributed by atoms with van der Waals surface area (Å²) in [7, 11) is 0. The Labute approximate surface area is 92.3 Å². The molecule has 15 heavy (non-hydrogen) atoms. The van der Waals surface area contributed by atoms with E-state index in [0.717, 1.165) is 4.90 Å². The summed E-state index contributed by atoms with van der Waals surface area (Å²) in [4.78, 5) is 12.3. The number of alkyl halides is 3. The van der Waals surface area contributed by atoms with E-state index in [4.69, 9.17) is 16.3 Å². The van der Waals surface area contributed by atoms with Crippen molar-refractivity contribution >= 4 is 17.7 Å². The lowest BCUT2D eigenvalue weighted by Gasteiger charge is -2.25. The summed E-state index contributed by atoms with van der Waals surface area (Å²) < 4.78 is 30.8. The lowest BCUT2D eigenvalue weighted by atomic mass is 10.2. The molecular weight excluding hydrogens is 228 g/mol. The van der Waals surface area contributed by atoms with Gasteiger partial charge in [0.05, 0.1) is 6.54 Å². The number of nitrogens with zero attached hydrogens (tertiary/aromatic N) is 1. The lowest BCUT2D eigenvalue weighted by Crippen LogP contribution is -2.38. The number of halogens is 3. The number of rotatable bonds is 0. The van der Waals surface area contributed by atoms with Crippen LogP contribution in [0.1, 0.15) is 27.2 Å². The van der Waals surface area contributed by atoms with Gasteiger partial charge in [-0.25, -0.2) is 13.6 Å². The molecule has 0 bridgehead atoms. The number of hydrogen-bond acceptors (Lipinski definition) is 2. The van der Waals surface area contributed by atoms with Gasteiger partial charge in [-0.2, -0.15) is 0 Å². The first-order chi connectivity index (χ1) is 6.61. The maximum atomic E-state index is 12.9. The van der Waals surface area contributed by atoms with Crippen LogP contribution in [0.2, 0.25) is 0 Å². The topological polar surface area (TPSA) is 29.5 Å². The first kappa shape index (κ1) is 12.5. The SMILES string of the molecule is CC(C)(C)OC(=O)N1CC(F)(F)CC1Cl. The maximum Gasteiger partial charge on any atom is 0.411 e. The fourth-order valence-electron chi connectivity index (χ4n) is 1.27. The van der Waals surface area contributed by atoms with Crippen molar-refractivity contribution in [2.24, 2.45) is 0 Å². The molecule has 0 aromatic heterocycles. The van der Waals surface area contributed by atoms with Crippen LogP contribution in [0.5, 0.6) is 0 Å². The third-order valence-corrected chi connectivity index (χ3v) is 2.22. The minimum Gasteiger partial charge on any atom is -0.444 e. The van der Waals surface area contributed by atoms with E-state index >= 15 is 0 Å². The van der Waals surface area contributed by atoms with Gasteiger partial charge in [-0.15, -0.1) is 0 Å². The van der Waals surface area contributed by atoms with Crippen molar-refractivity contribution in [3.63, 3.8) is 0 Å². The van der Waals surface area contributed by atoms with Gasteiger partial charge in [-0.05, 0) is 20.8 Å². The van der Waals surface area contributed by atoms with Crippen LogP contribution < -0.4 is 0 Å². The fourth-order valence-corrected chi connectivity index (χ4v) is 1.64. The zero-order valence-corrected chi connectivity index (χ0v) is 9.65. The maximum absolute atomic E-state index is 12.9. The van der Waals surface area contributed by atoms with Crippen molar-refractivity contribution in [1.82, 2.24) is 4.90 Å². The van der Waals surface area contributed by atoms with Gasteiger partial charge in [0, 0.05) is 6.42 Å². The average Bonchev–Trinajstić information content (AvgIpc) is 2.20. The summed E-state index contributed by atoms with van der Waals surface area (Å²) >= 11 is 5.63. The second-order valence-corrected chi connectivity index (χ2v) is 5.11. The van der Waals surface area contributed by atoms with E-state index in [9.17, 15) is 13.6 Å². The number of ether oxygens (including phenoxy) is 1. The van der Waals surface area contributed by atoms with Gasteiger partial charge in [0.25, 0.3) is 5.92 Å². The third kappa shape index (κ3) is 3.48. The van der Waals surface area contributed by atoms with Crippen LogP contribution in [0.15, 0.2) is 0 Å². The summed E-state index contributed by atoms with van der Waals surface area (Å²) in [5.41, 5.74) is -1.69. The van der Waals surface area contributed by atoms with Crippen molar-refractivity contribution in [2.45, 2.75) is 44.2 Å². The standard InChI is InChI=1S/C9H14ClF2NO2/c1-8(2,3)15-7(14)13-5-9(11,12)4-6(13)10/h6H,4-5H2,1-3H3. The largest absolute Gasteiger partial charge is 0.444 e. The number of carbonyl (C=O) groups excluding carboxylic acids is 1. The molecule has 0 aromatic carbocycles. The first-order valence-corrected chi connectivity index (χ1v) is 5.06. The molecule has 0 aromatic rings. The summed E-state index contributed by atoms with van der Waals surface area (Å²) in [6.07, 6.45) is -1.31. The zero-order valence-electron chi connectivity index (χ0n) is 8.89. The Balaban J connectivity index is 2.62. The van der Waals surface area contributed by atoms with E-state index in [1.54, 1.807) is 20.8 Å². The molecule has 0 N–H and O–H groups in total. The second kappa shape index (κ2) is 3.77. The van der Waals surface area contributed by atoms with E-state index in [2.05, 4.69) is 0 Å². The van der Waals surface area contributed by atoms with Gasteiger partial charge in [0.2, 0.25) is 0 Å². The molecule has 1 aliphatic rings. The molecule has 1 rings (SSSR count). The monoisotopic (exact) mass is 241 g/mol. The molecule has 1 unspecified atom stereocenters. The van der Waals surface area contributed by atoms with Gasteiger partial charge in [0.1, 0.15) is 11.1 Å². The van der Waals surface area contributed by atoms with Gasteiger partial charge in [-0.3, -0.25) is 4.90 Å². The van der Waals surface area contributed by atoms with Crippen LogP contribution in [0.3, 0.4) is 0 Å². The number of amides is 1. The lowest BCUT2D eigenvalue weighted by molar-refractivity contribution is -0.00204. The summed E-state index contributed by atoms with van der Waals surface area (Å²) in [6.45, 7) is 4.34. The second-order valence-electron chi connectivity index (χ2n) is 4.60. The quantitative estimate of drug-likeness (QED) is 0.482. The van der Waals surface area contributed by atoms with E-state index in [1.807, 2.05) is 0 Å². The zero-order chi connectivity index (χ0) is 11.9. The molecule has 0 spiro atoms. The van der Waals surface area contributed by atoms with E-state index in [-0.39, 0.29) is 0 Å². The summed E-state index contributed by atoms with van der Waals surface area (Å²) in [5, 5.41) is 0. The highest BCUT2D eigenvalue weighted by Crippen LogP contribution is 2.34. The number of hydrogen-bond donors (Lipinski definition) is 0. The Kier molecular flexibility index (Phi) is 3.14. The minimum atomic E-state index is -2.91. The molecule has 1 amide bonds. The van der Waals surface area contributed by atoms with Crippen LogP contribution in [-0.2, 0) is 4.74 Å². The Morgan fingerprint density at radius 2 is 2.07 bits per heavy atom. The molecule has 3 nitrogen and oxygen atoms in total. The smallest absolute Gasteiger partial charge is 0.411 e. The molecule has 0 radical (unpaired) electrons. The highest BCUT2D eigenvalue weighted by molar-refractivity contribution is 6.21. The van der Waals surface area contributed by atoms with Crippen LogP contribution in [0, 0.1) is 0 Å². The summed E-state index contributed by atoms with van der Waals surface area (Å²) in [5.74, 6) is -2.91. The van der Waals surface area contributed by atoms with E-state index < -0.39 is 36.1 Å². The number of carbonyl (C=O) groups is 1. The van der Waals surface area contributed by atoms with Crippen LogP contribution in [0.25, 0.3) is 0 Å². The number of likely N-dealkylation sites (tertiary alicyclic amines) is 1. The third-order valence-electron chi connectivity index (χ3n) is 1.83. The Bertz CT molecular complexity index is 265. The van der Waals surface area contributed by atoms with Gasteiger partial charge in [-0.1, -0.05) is 11.6 Å². The molecule has 88 valence electrons. The highest BCUT2D eigenvalue weighted by Gasteiger charge is 2.47. The van der Waals surface area contributed by atoms with E-state index in [0.29, 0.717) is 0 Å². The molecule has 6 heteroatoms. The van der Waals surface area contributed by atoms with Crippen molar-refractivity contribution in [3.8, 4) is 0 Å². The predicted molar refractivity (Wildman–Crippen MR) is 52.1 cm³/mol. The van der Waals surface area contributed by atoms with Crippen LogP contribution >= 0.6 is 11.6 Å². The molecular formula is C9H14ClF2NO2. The molecule has 0 saturated carbocycles. The molecule has 1 heterocycles. The molecule has 1 atom stereocenters. The van der Waals surface area contributed by atoms with Crippen molar-refractivity contribution in [1.29, 1.82) is 0 Å². The van der Waals surface area contributed by atoms with Crippen LogP contribution in [0.4, 0.5) is 13.6 Å².